The van der Waals surface area contributed by atoms with Gasteiger partial charge < -0.3 is 4.42 Å². The largest absolute Gasteiger partial charge is 0.472 e. The van der Waals surface area contributed by atoms with E-state index in [1.54, 1.807) is 12.5 Å². The van der Waals surface area contributed by atoms with Crippen LogP contribution in [0.15, 0.2) is 46.2 Å². The van der Waals surface area contributed by atoms with E-state index in [-0.39, 0.29) is 0 Å². The van der Waals surface area contributed by atoms with Gasteiger partial charge in [-0.25, -0.2) is 0 Å². The van der Waals surface area contributed by atoms with Crippen LogP contribution in [0, 0.1) is 0 Å². The summed E-state index contributed by atoms with van der Waals surface area (Å²) in [7, 11) is 0. The molecule has 2 heteroatoms. The van der Waals surface area contributed by atoms with E-state index in [2.05, 4.69) is 11.7 Å². The molecule has 14 heavy (non-hydrogen) atoms. The molecule has 0 aromatic carbocycles. The molecule has 1 aromatic rings. The van der Waals surface area contributed by atoms with Gasteiger partial charge in [0.25, 0.3) is 0 Å². The third-order valence-corrected chi connectivity index (χ3v) is 1.43. The van der Waals surface area contributed by atoms with Gasteiger partial charge in [-0.3, -0.25) is 4.99 Å². The predicted molar refractivity (Wildman–Crippen MR) is 62.4 cm³/mol. The summed E-state index contributed by atoms with van der Waals surface area (Å²) < 4.78 is 4.92. The molecule has 1 rings (SSSR count). The molecular weight excluding hydrogens is 174 g/mol. The van der Waals surface area contributed by atoms with Gasteiger partial charge >= 0.3 is 0 Å². The van der Waals surface area contributed by atoms with Crippen molar-refractivity contribution in [1.82, 2.24) is 0 Å². The van der Waals surface area contributed by atoms with Crippen molar-refractivity contribution < 1.29 is 4.42 Å². The van der Waals surface area contributed by atoms with Gasteiger partial charge in [-0.15, -0.1) is 0 Å². The summed E-state index contributed by atoms with van der Waals surface area (Å²) in [5, 5.41) is 0. The van der Waals surface area contributed by atoms with Gasteiger partial charge in [-0.05, 0) is 25.8 Å². The third-order valence-electron chi connectivity index (χ3n) is 1.43. The maximum Gasteiger partial charge on any atom is 0.0996 e. The zero-order valence-electron chi connectivity index (χ0n) is 9.03. The maximum absolute atomic E-state index is 4.92. The van der Waals surface area contributed by atoms with Gasteiger partial charge in [0.15, 0.2) is 0 Å². The van der Waals surface area contributed by atoms with Crippen molar-refractivity contribution in [3.63, 3.8) is 0 Å². The first-order valence-electron chi connectivity index (χ1n) is 4.70. The SMILES string of the molecule is C=N/C(=C\C=C/C)c1ccoc1.CC. The molecule has 0 radical (unpaired) electrons. The highest BCUT2D eigenvalue weighted by molar-refractivity contribution is 5.68. The molecule has 0 aliphatic heterocycles. The van der Waals surface area contributed by atoms with Gasteiger partial charge in [0.1, 0.15) is 0 Å². The predicted octanol–water partition coefficient (Wildman–Crippen LogP) is 3.92. The van der Waals surface area contributed by atoms with Crippen LogP contribution in [0.1, 0.15) is 26.3 Å². The van der Waals surface area contributed by atoms with Gasteiger partial charge in [-0.1, -0.05) is 26.0 Å². The first-order valence-corrected chi connectivity index (χ1v) is 4.70. The summed E-state index contributed by atoms with van der Waals surface area (Å²) in [4.78, 5) is 3.87. The molecule has 2 nitrogen and oxygen atoms in total. The van der Waals surface area contributed by atoms with Crippen molar-refractivity contribution in [2.75, 3.05) is 0 Å². The Hall–Kier alpha value is -1.57. The standard InChI is InChI=1S/C10H11NO.C2H6/c1-3-4-5-10(11-2)9-6-7-12-8-9;1-2/h3-8H,2H2,1H3;1-2H3/b4-3-,10-5-;. The molecule has 1 aromatic heterocycles. The molecule has 0 spiro atoms. The molecule has 0 aliphatic rings. The summed E-state index contributed by atoms with van der Waals surface area (Å²) in [5.41, 5.74) is 1.77. The van der Waals surface area contributed by atoms with E-state index < -0.39 is 0 Å². The lowest BCUT2D eigenvalue weighted by atomic mass is 10.2. The van der Waals surface area contributed by atoms with Crippen molar-refractivity contribution in [2.24, 2.45) is 4.99 Å². The molecule has 0 unspecified atom stereocenters. The van der Waals surface area contributed by atoms with Gasteiger partial charge in [0.2, 0.25) is 0 Å². The fourth-order valence-corrected chi connectivity index (χ4v) is 0.838. The van der Waals surface area contributed by atoms with E-state index in [1.165, 1.54) is 0 Å². The molecule has 0 N–H and O–H groups in total. The zero-order chi connectivity index (χ0) is 10.8. The van der Waals surface area contributed by atoms with Crippen LogP contribution in [0.25, 0.3) is 5.70 Å². The second-order valence-corrected chi connectivity index (χ2v) is 2.25. The minimum atomic E-state index is 0.821. The second-order valence-electron chi connectivity index (χ2n) is 2.25. The van der Waals surface area contributed by atoms with Crippen LogP contribution in [-0.4, -0.2) is 6.72 Å². The molecule has 76 valence electrons. The monoisotopic (exact) mass is 191 g/mol. The van der Waals surface area contributed by atoms with Crippen LogP contribution in [0.5, 0.6) is 0 Å². The molecule has 0 fully saturated rings. The number of hydrogen-bond donors (Lipinski definition) is 0. The van der Waals surface area contributed by atoms with E-state index in [0.717, 1.165) is 11.3 Å². The van der Waals surface area contributed by atoms with Gasteiger partial charge in [-0.2, -0.15) is 0 Å². The average molecular weight is 191 g/mol. The maximum atomic E-state index is 4.92. The molecule has 1 heterocycles. The summed E-state index contributed by atoms with van der Waals surface area (Å²) in [6.45, 7) is 9.43. The van der Waals surface area contributed by atoms with Crippen molar-refractivity contribution in [2.45, 2.75) is 20.8 Å². The first kappa shape index (κ1) is 12.4. The Bertz CT molecular complexity index is 294. The van der Waals surface area contributed by atoms with Crippen molar-refractivity contribution in [3.05, 3.63) is 42.4 Å². The highest BCUT2D eigenvalue weighted by Crippen LogP contribution is 2.15. The molecular formula is C12H17NO. The Morgan fingerprint density at radius 2 is 2.21 bits per heavy atom. The lowest BCUT2D eigenvalue weighted by Gasteiger charge is -1.92. The minimum absolute atomic E-state index is 0.821. The van der Waals surface area contributed by atoms with Crippen LogP contribution in [0.3, 0.4) is 0 Å². The van der Waals surface area contributed by atoms with Gasteiger partial charge in [0.05, 0.1) is 18.2 Å². The van der Waals surface area contributed by atoms with E-state index in [9.17, 15) is 0 Å². The molecule has 0 atom stereocenters. The fourth-order valence-electron chi connectivity index (χ4n) is 0.838. The Kier molecular flexibility index (Phi) is 7.15. The van der Waals surface area contributed by atoms with Crippen LogP contribution in [0.4, 0.5) is 0 Å². The highest BCUT2D eigenvalue weighted by atomic mass is 16.3. The number of nitrogens with zero attached hydrogens (tertiary/aromatic N) is 1. The van der Waals surface area contributed by atoms with Crippen molar-refractivity contribution >= 4 is 12.4 Å². The average Bonchev–Trinajstić information content (AvgIpc) is 2.76. The Morgan fingerprint density at radius 1 is 1.50 bits per heavy atom. The number of aliphatic imine (C=N–C) groups is 1. The Labute approximate surface area is 85.7 Å². The smallest absolute Gasteiger partial charge is 0.0996 e. The van der Waals surface area contributed by atoms with Crippen LogP contribution >= 0.6 is 0 Å². The van der Waals surface area contributed by atoms with Crippen molar-refractivity contribution in [3.8, 4) is 0 Å². The van der Waals surface area contributed by atoms with Crippen LogP contribution < -0.4 is 0 Å². The van der Waals surface area contributed by atoms with Gasteiger partial charge in [0, 0.05) is 5.56 Å². The molecule has 0 aliphatic carbocycles. The quantitative estimate of drug-likeness (QED) is 0.525. The minimum Gasteiger partial charge on any atom is -0.472 e. The van der Waals surface area contributed by atoms with Crippen LogP contribution in [-0.2, 0) is 0 Å². The molecule has 0 bridgehead atoms. The summed E-state index contributed by atoms with van der Waals surface area (Å²) >= 11 is 0. The highest BCUT2D eigenvalue weighted by Gasteiger charge is 1.97. The molecule has 0 amide bonds. The summed E-state index contributed by atoms with van der Waals surface area (Å²) in [6.07, 6.45) is 8.99. The number of hydrogen-bond acceptors (Lipinski definition) is 2. The normalized spacial score (nSPS) is 10.9. The Morgan fingerprint density at radius 3 is 2.64 bits per heavy atom. The Balaban J connectivity index is 0.000000791. The lowest BCUT2D eigenvalue weighted by Crippen LogP contribution is -1.73. The number of rotatable bonds is 3. The number of furan rings is 1. The fraction of sp³-hybridized carbons (Fsp3) is 0.250. The molecule has 0 saturated carbocycles. The van der Waals surface area contributed by atoms with Crippen molar-refractivity contribution in [1.29, 1.82) is 0 Å². The number of allylic oxidation sites excluding steroid dienone is 3. The third kappa shape index (κ3) is 3.90. The van der Waals surface area contributed by atoms with E-state index in [1.807, 2.05) is 45.1 Å². The van der Waals surface area contributed by atoms with E-state index in [4.69, 9.17) is 4.42 Å². The van der Waals surface area contributed by atoms with E-state index in [0.29, 0.717) is 0 Å². The topological polar surface area (TPSA) is 25.5 Å². The lowest BCUT2D eigenvalue weighted by molar-refractivity contribution is 0.566. The van der Waals surface area contributed by atoms with E-state index >= 15 is 0 Å². The molecule has 0 saturated heterocycles. The summed E-state index contributed by atoms with van der Waals surface area (Å²) in [6, 6.07) is 1.85. The first-order chi connectivity index (χ1) is 6.88. The van der Waals surface area contributed by atoms with Crippen LogP contribution in [0.2, 0.25) is 0 Å². The second kappa shape index (κ2) is 8.05. The summed E-state index contributed by atoms with van der Waals surface area (Å²) in [5.74, 6) is 0. The zero-order valence-corrected chi connectivity index (χ0v) is 9.03.